The van der Waals surface area contributed by atoms with Gasteiger partial charge in [0.15, 0.2) is 0 Å². The lowest BCUT2D eigenvalue weighted by atomic mass is 10.0. The number of hydrogen-bond acceptors (Lipinski definition) is 2. The number of nitrogens with two attached hydrogens (primary N) is 1. The zero-order valence-electron chi connectivity index (χ0n) is 8.52. The first kappa shape index (κ1) is 10.4. The van der Waals surface area contributed by atoms with Gasteiger partial charge in [0, 0.05) is 29.7 Å². The molecule has 82 valence electrons. The number of benzene rings is 1. The second-order valence-corrected chi connectivity index (χ2v) is 3.91. The Balaban J connectivity index is 2.46. The van der Waals surface area contributed by atoms with E-state index in [1.807, 2.05) is 0 Å². The van der Waals surface area contributed by atoms with Crippen LogP contribution in [0, 0.1) is 11.6 Å². The third-order valence-corrected chi connectivity index (χ3v) is 2.51. The Bertz CT molecular complexity index is 391. The second kappa shape index (κ2) is 3.77. The highest BCUT2D eigenvalue weighted by Crippen LogP contribution is 2.31. The first-order chi connectivity index (χ1) is 7.09. The van der Waals surface area contributed by atoms with Gasteiger partial charge in [-0.25, -0.2) is 8.78 Å². The molecule has 0 amide bonds. The van der Waals surface area contributed by atoms with Crippen LogP contribution in [0.15, 0.2) is 6.07 Å². The maximum absolute atomic E-state index is 13.8. The fourth-order valence-electron chi connectivity index (χ4n) is 1.82. The molecule has 1 aromatic rings. The molecular weight excluding hydrogens is 200 g/mol. The molecule has 0 aromatic heterocycles. The van der Waals surface area contributed by atoms with Crippen LogP contribution >= 0.6 is 0 Å². The zero-order chi connectivity index (χ0) is 11.0. The molecule has 1 aliphatic heterocycles. The predicted octanol–water partition coefficient (Wildman–Crippen LogP) is 1.79. The van der Waals surface area contributed by atoms with Gasteiger partial charge in [-0.3, -0.25) is 0 Å². The van der Waals surface area contributed by atoms with Gasteiger partial charge in [0.2, 0.25) is 0 Å². The summed E-state index contributed by atoms with van der Waals surface area (Å²) in [5, 5.41) is 0. The molecule has 4 heteroatoms. The molecule has 2 rings (SSSR count). The number of halogens is 2. The average Bonchev–Trinajstić information content (AvgIpc) is 2.59. The van der Waals surface area contributed by atoms with Gasteiger partial charge in [-0.15, -0.1) is 0 Å². The number of rotatable bonds is 2. The van der Waals surface area contributed by atoms with Crippen LogP contribution in [0.2, 0.25) is 0 Å². The summed E-state index contributed by atoms with van der Waals surface area (Å²) in [7, 11) is 0. The van der Waals surface area contributed by atoms with Crippen molar-refractivity contribution < 1.29 is 13.5 Å². The Morgan fingerprint density at radius 2 is 2.27 bits per heavy atom. The van der Waals surface area contributed by atoms with Gasteiger partial charge in [-0.05, 0) is 13.3 Å². The van der Waals surface area contributed by atoms with E-state index in [-0.39, 0.29) is 18.0 Å². The fraction of sp³-hybridized carbons (Fsp3) is 0.455. The number of ether oxygens (including phenoxy) is 1. The van der Waals surface area contributed by atoms with E-state index in [4.69, 9.17) is 10.5 Å². The molecule has 0 saturated carbocycles. The minimum absolute atomic E-state index is 0.0780. The van der Waals surface area contributed by atoms with E-state index in [1.54, 1.807) is 6.92 Å². The van der Waals surface area contributed by atoms with Crippen molar-refractivity contribution in [3.63, 3.8) is 0 Å². The molecule has 0 spiro atoms. The predicted molar refractivity (Wildman–Crippen MR) is 52.9 cm³/mol. The lowest BCUT2D eigenvalue weighted by Gasteiger charge is -2.10. The van der Waals surface area contributed by atoms with Gasteiger partial charge in [0.1, 0.15) is 17.4 Å². The van der Waals surface area contributed by atoms with Crippen LogP contribution < -0.4 is 10.5 Å². The molecule has 2 nitrogen and oxygen atoms in total. The molecule has 15 heavy (non-hydrogen) atoms. The minimum Gasteiger partial charge on any atom is -0.493 e. The second-order valence-electron chi connectivity index (χ2n) is 3.91. The standard InChI is InChI=1S/C11H13F2NO/c1-6(14)4-8-9(12)5-10-7(11(8)13)2-3-15-10/h5-6H,2-4,14H2,1H3. The maximum atomic E-state index is 13.8. The van der Waals surface area contributed by atoms with Crippen molar-refractivity contribution in [2.45, 2.75) is 25.8 Å². The smallest absolute Gasteiger partial charge is 0.136 e. The fourth-order valence-corrected chi connectivity index (χ4v) is 1.82. The van der Waals surface area contributed by atoms with Gasteiger partial charge in [-0.2, -0.15) is 0 Å². The highest BCUT2D eigenvalue weighted by atomic mass is 19.1. The van der Waals surface area contributed by atoms with E-state index in [0.29, 0.717) is 24.3 Å². The molecule has 1 aliphatic rings. The van der Waals surface area contributed by atoms with E-state index in [1.165, 1.54) is 6.07 Å². The van der Waals surface area contributed by atoms with Gasteiger partial charge < -0.3 is 10.5 Å². The first-order valence-corrected chi connectivity index (χ1v) is 4.97. The highest BCUT2D eigenvalue weighted by Gasteiger charge is 2.23. The molecular formula is C11H13F2NO. The van der Waals surface area contributed by atoms with Crippen molar-refractivity contribution in [2.75, 3.05) is 6.61 Å². The summed E-state index contributed by atoms with van der Waals surface area (Å²) in [6, 6.07) is 0.998. The molecule has 0 saturated heterocycles. The van der Waals surface area contributed by atoms with Crippen molar-refractivity contribution in [3.05, 3.63) is 28.8 Å². The van der Waals surface area contributed by atoms with Crippen molar-refractivity contribution in [3.8, 4) is 5.75 Å². The summed E-state index contributed by atoms with van der Waals surface area (Å²) in [6.45, 7) is 2.15. The lowest BCUT2D eigenvalue weighted by molar-refractivity contribution is 0.355. The average molecular weight is 213 g/mol. The van der Waals surface area contributed by atoms with E-state index in [0.717, 1.165) is 0 Å². The summed E-state index contributed by atoms with van der Waals surface area (Å²) < 4.78 is 32.4. The van der Waals surface area contributed by atoms with Gasteiger partial charge in [0.05, 0.1) is 6.61 Å². The number of fused-ring (bicyclic) bond motifs is 1. The molecule has 0 radical (unpaired) electrons. The van der Waals surface area contributed by atoms with Crippen LogP contribution in [0.5, 0.6) is 5.75 Å². The summed E-state index contributed by atoms with van der Waals surface area (Å²) in [4.78, 5) is 0. The molecule has 1 aromatic carbocycles. The van der Waals surface area contributed by atoms with Crippen molar-refractivity contribution in [2.24, 2.45) is 5.73 Å². The molecule has 1 unspecified atom stereocenters. The number of hydrogen-bond donors (Lipinski definition) is 1. The van der Waals surface area contributed by atoms with Gasteiger partial charge in [-0.1, -0.05) is 0 Å². The van der Waals surface area contributed by atoms with Crippen LogP contribution in [0.1, 0.15) is 18.1 Å². The summed E-state index contributed by atoms with van der Waals surface area (Å²) in [5.41, 5.74) is 6.10. The topological polar surface area (TPSA) is 35.2 Å². The lowest BCUT2D eigenvalue weighted by Crippen LogP contribution is -2.19. The van der Waals surface area contributed by atoms with Crippen LogP contribution in [-0.2, 0) is 12.8 Å². The van der Waals surface area contributed by atoms with Crippen LogP contribution in [0.4, 0.5) is 8.78 Å². The minimum atomic E-state index is -0.564. The van der Waals surface area contributed by atoms with Crippen LogP contribution in [0.3, 0.4) is 0 Å². The van der Waals surface area contributed by atoms with E-state index in [9.17, 15) is 8.78 Å². The Morgan fingerprint density at radius 3 is 2.93 bits per heavy atom. The molecule has 1 atom stereocenters. The maximum Gasteiger partial charge on any atom is 0.136 e. The monoisotopic (exact) mass is 213 g/mol. The largest absolute Gasteiger partial charge is 0.493 e. The molecule has 0 bridgehead atoms. The van der Waals surface area contributed by atoms with E-state index in [2.05, 4.69) is 0 Å². The zero-order valence-corrected chi connectivity index (χ0v) is 8.52. The Labute approximate surface area is 87.0 Å². The van der Waals surface area contributed by atoms with Crippen LogP contribution in [0.25, 0.3) is 0 Å². The van der Waals surface area contributed by atoms with Crippen molar-refractivity contribution >= 4 is 0 Å². The summed E-state index contributed by atoms with van der Waals surface area (Å²) in [6.07, 6.45) is 0.721. The molecule has 1 heterocycles. The molecule has 2 N–H and O–H groups in total. The third-order valence-electron chi connectivity index (χ3n) is 2.51. The van der Waals surface area contributed by atoms with Gasteiger partial charge in [0.25, 0.3) is 0 Å². The van der Waals surface area contributed by atoms with Crippen LogP contribution in [-0.4, -0.2) is 12.6 Å². The van der Waals surface area contributed by atoms with E-state index >= 15 is 0 Å². The normalized spacial score (nSPS) is 16.0. The Morgan fingerprint density at radius 1 is 1.53 bits per heavy atom. The Hall–Kier alpha value is -1.16. The van der Waals surface area contributed by atoms with E-state index < -0.39 is 11.6 Å². The molecule has 0 aliphatic carbocycles. The highest BCUT2D eigenvalue weighted by molar-refractivity contribution is 5.42. The summed E-state index contributed by atoms with van der Waals surface area (Å²) in [5.74, 6) is -0.719. The summed E-state index contributed by atoms with van der Waals surface area (Å²) >= 11 is 0. The van der Waals surface area contributed by atoms with Crippen molar-refractivity contribution in [1.82, 2.24) is 0 Å². The Kier molecular flexibility index (Phi) is 2.61. The quantitative estimate of drug-likeness (QED) is 0.812. The molecule has 0 fully saturated rings. The first-order valence-electron chi connectivity index (χ1n) is 4.97. The van der Waals surface area contributed by atoms with Crippen molar-refractivity contribution in [1.29, 1.82) is 0 Å². The SMILES string of the molecule is CC(N)Cc1c(F)cc2c(c1F)CCO2. The van der Waals surface area contributed by atoms with Gasteiger partial charge >= 0.3 is 0 Å². The third kappa shape index (κ3) is 1.81.